The van der Waals surface area contributed by atoms with Crippen LogP contribution in [0.1, 0.15) is 67.7 Å². The van der Waals surface area contributed by atoms with Crippen molar-refractivity contribution in [3.8, 4) is 22.3 Å². The van der Waals surface area contributed by atoms with Gasteiger partial charge in [-0.15, -0.1) is 0 Å². The fraction of sp³-hybridized carbons (Fsp3) is 0.465. The van der Waals surface area contributed by atoms with E-state index in [-0.39, 0.29) is 24.3 Å². The van der Waals surface area contributed by atoms with Crippen LogP contribution in [-0.2, 0) is 33.2 Å². The zero-order valence-electron chi connectivity index (χ0n) is 33.9. The van der Waals surface area contributed by atoms with E-state index in [0.717, 1.165) is 50.4 Å². The number of rotatable bonds is 23. The quantitative estimate of drug-likeness (QED) is 0.0565. The zero-order chi connectivity index (χ0) is 40.6. The van der Waals surface area contributed by atoms with Gasteiger partial charge in [-0.2, -0.15) is 0 Å². The summed E-state index contributed by atoms with van der Waals surface area (Å²) < 4.78 is 40.4. The van der Waals surface area contributed by atoms with Crippen molar-refractivity contribution in [1.29, 1.82) is 0 Å². The average molecular weight is 786 g/mol. The first kappa shape index (κ1) is 43.1. The lowest BCUT2D eigenvalue weighted by molar-refractivity contribution is -0.156. The van der Waals surface area contributed by atoms with Crippen LogP contribution in [0.4, 0.5) is 0 Å². The molecule has 14 nitrogen and oxygen atoms in total. The third-order valence-corrected chi connectivity index (χ3v) is 8.87. The molecule has 0 radical (unpaired) electrons. The van der Waals surface area contributed by atoms with E-state index in [1.165, 1.54) is 0 Å². The Morgan fingerprint density at radius 2 is 1.44 bits per heavy atom. The molecule has 5 aromatic rings. The van der Waals surface area contributed by atoms with Gasteiger partial charge in [0, 0.05) is 47.4 Å². The lowest BCUT2D eigenvalue weighted by Gasteiger charge is -2.19. The number of nitrogens with one attached hydrogen (secondary N) is 1. The number of amides is 1. The molecule has 0 aliphatic rings. The number of esters is 1. The number of hydrogen-bond donors (Lipinski definition) is 1. The van der Waals surface area contributed by atoms with Crippen LogP contribution < -0.4 is 5.32 Å². The van der Waals surface area contributed by atoms with E-state index in [2.05, 4.69) is 39.2 Å². The first-order valence-corrected chi connectivity index (χ1v) is 19.4. The number of carbonyl (C=O) groups is 2. The topological polar surface area (TPSA) is 158 Å². The highest BCUT2D eigenvalue weighted by Crippen LogP contribution is 2.36. The lowest BCUT2D eigenvalue weighted by Crippen LogP contribution is -2.27. The molecule has 0 aliphatic heterocycles. The summed E-state index contributed by atoms with van der Waals surface area (Å²) in [6.45, 7) is 15.9. The smallest absolute Gasteiger partial charge is 0.308 e. The van der Waals surface area contributed by atoms with Crippen molar-refractivity contribution < 1.29 is 42.5 Å². The standard InChI is InChI=1S/C43H55N5O9/c1-30-40(32(3)57-47-30)35-27-38-41(46-28-35)36(29-48(38)31(2)37-9-7-8-15-44-37)33-10-12-34(13-11-33)42(50)45-16-18-52-20-22-54-24-26-55-25-23-53-21-19-51-17-14-39(49)56-43(4,5)6/h7-13,15,27-29,31H,14,16-26H2,1-6H3,(H,45,50). The van der Waals surface area contributed by atoms with Gasteiger partial charge in [-0.1, -0.05) is 23.4 Å². The fourth-order valence-electron chi connectivity index (χ4n) is 6.13. The molecule has 4 heterocycles. The number of hydrogen-bond acceptors (Lipinski definition) is 12. The molecule has 5 rings (SSSR count). The molecule has 0 saturated heterocycles. The Morgan fingerprint density at radius 3 is 2.02 bits per heavy atom. The molecule has 0 saturated carbocycles. The van der Waals surface area contributed by atoms with Gasteiger partial charge in [0.05, 0.1) is 101 Å². The van der Waals surface area contributed by atoms with E-state index in [4.69, 9.17) is 37.9 Å². The van der Waals surface area contributed by atoms with E-state index in [1.807, 2.05) is 83.3 Å². The van der Waals surface area contributed by atoms with Gasteiger partial charge in [0.15, 0.2) is 0 Å². The minimum absolute atomic E-state index is 0.0584. The van der Waals surface area contributed by atoms with Crippen molar-refractivity contribution in [2.75, 3.05) is 72.6 Å². The predicted octanol–water partition coefficient (Wildman–Crippen LogP) is 6.52. The van der Waals surface area contributed by atoms with Crippen molar-refractivity contribution >= 4 is 22.9 Å². The number of fused-ring (bicyclic) bond motifs is 1. The van der Waals surface area contributed by atoms with Crippen LogP contribution in [0.2, 0.25) is 0 Å². The van der Waals surface area contributed by atoms with E-state index in [0.29, 0.717) is 78.2 Å². The number of pyridine rings is 2. The van der Waals surface area contributed by atoms with Gasteiger partial charge in [0.1, 0.15) is 11.4 Å². The second kappa shape index (κ2) is 21.5. The number of carbonyl (C=O) groups excluding carboxylic acids is 2. The summed E-state index contributed by atoms with van der Waals surface area (Å²) in [5, 5.41) is 7.05. The lowest BCUT2D eigenvalue weighted by atomic mass is 10.0. The maximum absolute atomic E-state index is 12.9. The Hall–Kier alpha value is -4.99. The van der Waals surface area contributed by atoms with Gasteiger partial charge < -0.3 is 42.8 Å². The summed E-state index contributed by atoms with van der Waals surface area (Å²) in [5.41, 5.74) is 7.37. The van der Waals surface area contributed by atoms with Crippen molar-refractivity contribution in [3.63, 3.8) is 0 Å². The molecular formula is C43H55N5O9. The molecule has 0 spiro atoms. The number of nitrogens with zero attached hydrogens (tertiary/aromatic N) is 4. The molecule has 1 unspecified atom stereocenters. The third kappa shape index (κ3) is 13.0. The largest absolute Gasteiger partial charge is 0.460 e. The van der Waals surface area contributed by atoms with Crippen LogP contribution in [0.5, 0.6) is 0 Å². The number of ether oxygens (including phenoxy) is 6. The second-order valence-corrected chi connectivity index (χ2v) is 14.4. The van der Waals surface area contributed by atoms with Crippen molar-refractivity contribution in [2.24, 2.45) is 0 Å². The van der Waals surface area contributed by atoms with Crippen molar-refractivity contribution in [1.82, 2.24) is 25.0 Å². The first-order chi connectivity index (χ1) is 27.5. The summed E-state index contributed by atoms with van der Waals surface area (Å²) >= 11 is 0. The minimum Gasteiger partial charge on any atom is -0.460 e. The van der Waals surface area contributed by atoms with Crippen LogP contribution in [-0.4, -0.2) is 110 Å². The molecule has 0 fully saturated rings. The maximum Gasteiger partial charge on any atom is 0.308 e. The van der Waals surface area contributed by atoms with Gasteiger partial charge in [-0.3, -0.25) is 19.6 Å². The number of benzene rings is 1. The minimum atomic E-state index is -0.489. The highest BCUT2D eigenvalue weighted by atomic mass is 16.6. The van der Waals surface area contributed by atoms with Crippen LogP contribution in [0, 0.1) is 13.8 Å². The molecule has 1 atom stereocenters. The molecule has 1 amide bonds. The first-order valence-electron chi connectivity index (χ1n) is 19.4. The highest BCUT2D eigenvalue weighted by molar-refractivity contribution is 5.97. The van der Waals surface area contributed by atoms with E-state index in [1.54, 1.807) is 6.20 Å². The summed E-state index contributed by atoms with van der Waals surface area (Å²) in [6, 6.07) is 15.5. The van der Waals surface area contributed by atoms with E-state index >= 15 is 0 Å². The SMILES string of the molecule is Cc1noc(C)c1-c1cnc2c(-c3ccc(C(=O)NCCOCCOCCOCCOCCOCCC(=O)OC(C)(C)C)cc3)cn(C(C)c3ccccn3)c2c1. The number of aryl methyl sites for hydroxylation is 2. The maximum atomic E-state index is 12.9. The molecule has 0 aliphatic carbocycles. The Morgan fingerprint density at radius 1 is 0.807 bits per heavy atom. The van der Waals surface area contributed by atoms with Gasteiger partial charge in [-0.05, 0) is 77.4 Å². The highest BCUT2D eigenvalue weighted by Gasteiger charge is 2.21. The summed E-state index contributed by atoms with van der Waals surface area (Å²) in [4.78, 5) is 34.1. The molecule has 306 valence electrons. The Labute approximate surface area is 334 Å². The van der Waals surface area contributed by atoms with E-state index in [9.17, 15) is 9.59 Å². The Kier molecular flexibility index (Phi) is 16.3. The molecule has 57 heavy (non-hydrogen) atoms. The second-order valence-electron chi connectivity index (χ2n) is 14.4. The molecule has 4 aromatic heterocycles. The van der Waals surface area contributed by atoms with Crippen LogP contribution in [0.15, 0.2) is 71.6 Å². The number of aromatic nitrogens is 4. The predicted molar refractivity (Wildman–Crippen MR) is 215 cm³/mol. The van der Waals surface area contributed by atoms with Crippen molar-refractivity contribution in [3.05, 3.63) is 89.8 Å². The summed E-state index contributed by atoms with van der Waals surface area (Å²) in [5.74, 6) is 0.287. The summed E-state index contributed by atoms with van der Waals surface area (Å²) in [6.07, 6.45) is 5.98. The van der Waals surface area contributed by atoms with Crippen LogP contribution in [0.3, 0.4) is 0 Å². The molecule has 0 bridgehead atoms. The van der Waals surface area contributed by atoms with Crippen LogP contribution in [0.25, 0.3) is 33.3 Å². The van der Waals surface area contributed by atoms with Gasteiger partial charge >= 0.3 is 5.97 Å². The molecule has 1 N–H and O–H groups in total. The van der Waals surface area contributed by atoms with Crippen molar-refractivity contribution in [2.45, 2.75) is 59.6 Å². The Balaban J connectivity index is 0.985. The zero-order valence-corrected chi connectivity index (χ0v) is 33.9. The van der Waals surface area contributed by atoms with Gasteiger partial charge in [0.25, 0.3) is 5.91 Å². The normalized spacial score (nSPS) is 12.2. The summed E-state index contributed by atoms with van der Waals surface area (Å²) in [7, 11) is 0. The fourth-order valence-corrected chi connectivity index (χ4v) is 6.13. The Bertz CT molecular complexity index is 1990. The van der Waals surface area contributed by atoms with Gasteiger partial charge in [0.2, 0.25) is 0 Å². The van der Waals surface area contributed by atoms with E-state index < -0.39 is 5.60 Å². The molecule has 14 heteroatoms. The van der Waals surface area contributed by atoms with Crippen LogP contribution >= 0.6 is 0 Å². The third-order valence-electron chi connectivity index (χ3n) is 8.87. The molecular weight excluding hydrogens is 730 g/mol. The monoisotopic (exact) mass is 785 g/mol. The average Bonchev–Trinajstić information content (AvgIpc) is 3.74. The molecule has 1 aromatic carbocycles. The van der Waals surface area contributed by atoms with Gasteiger partial charge in [-0.25, -0.2) is 0 Å².